The summed E-state index contributed by atoms with van der Waals surface area (Å²) in [7, 11) is 1.60. The van der Waals surface area contributed by atoms with Crippen LogP contribution in [-0.4, -0.2) is 21.8 Å². The Morgan fingerprint density at radius 3 is 2.50 bits per heavy atom. The number of aromatic nitrogens is 3. The molecule has 0 aliphatic rings. The number of pyridine rings is 1. The third kappa shape index (κ3) is 3.36. The molecule has 0 aliphatic heterocycles. The van der Waals surface area contributed by atoms with Crippen molar-refractivity contribution in [2.75, 3.05) is 7.11 Å². The van der Waals surface area contributed by atoms with Crippen LogP contribution in [-0.2, 0) is 0 Å². The number of methoxy groups -OCH3 is 1. The van der Waals surface area contributed by atoms with Gasteiger partial charge in [-0.1, -0.05) is 41.6 Å². The first-order chi connectivity index (χ1) is 15.5. The first-order valence-corrected chi connectivity index (χ1v) is 10.3. The molecule has 0 radical (unpaired) electrons. The van der Waals surface area contributed by atoms with E-state index in [2.05, 4.69) is 24.0 Å². The van der Waals surface area contributed by atoms with Gasteiger partial charge in [-0.25, -0.2) is 0 Å². The highest BCUT2D eigenvalue weighted by Crippen LogP contribution is 2.29. The third-order valence-corrected chi connectivity index (χ3v) is 5.68. The molecule has 6 nitrogen and oxygen atoms in total. The van der Waals surface area contributed by atoms with Crippen molar-refractivity contribution < 1.29 is 9.26 Å². The number of hydrogen-bond acceptors (Lipinski definition) is 5. The molecule has 0 atom stereocenters. The van der Waals surface area contributed by atoms with E-state index < -0.39 is 0 Å². The fourth-order valence-electron chi connectivity index (χ4n) is 3.74. The molecule has 5 rings (SSSR count). The number of hydrogen-bond donors (Lipinski definition) is 0. The van der Waals surface area contributed by atoms with Gasteiger partial charge >= 0.3 is 0 Å². The molecule has 2 aromatic heterocycles. The van der Waals surface area contributed by atoms with E-state index in [4.69, 9.17) is 9.26 Å². The van der Waals surface area contributed by atoms with E-state index >= 15 is 0 Å². The van der Waals surface area contributed by atoms with E-state index in [1.807, 2.05) is 60.7 Å². The van der Waals surface area contributed by atoms with Crippen LogP contribution in [0.2, 0.25) is 0 Å². The molecular weight excluding hydrogens is 402 g/mol. The molecule has 32 heavy (non-hydrogen) atoms. The average molecular weight is 423 g/mol. The van der Waals surface area contributed by atoms with Crippen molar-refractivity contribution in [3.8, 4) is 34.3 Å². The molecule has 0 fully saturated rings. The number of ether oxygens (including phenoxy) is 1. The zero-order valence-corrected chi connectivity index (χ0v) is 18.0. The van der Waals surface area contributed by atoms with E-state index in [9.17, 15) is 4.79 Å². The molecule has 0 saturated carbocycles. The van der Waals surface area contributed by atoms with Gasteiger partial charge in [0.25, 0.3) is 11.4 Å². The van der Waals surface area contributed by atoms with Crippen LogP contribution in [0.15, 0.2) is 82.2 Å². The number of fused-ring (bicyclic) bond motifs is 1. The minimum absolute atomic E-state index is 0.133. The second kappa shape index (κ2) is 7.81. The highest BCUT2D eigenvalue weighted by Gasteiger charge is 2.17. The summed E-state index contributed by atoms with van der Waals surface area (Å²) in [5.41, 5.74) is 4.49. The molecule has 0 aliphatic carbocycles. The standard InChI is InChI=1S/C26H21N3O3/c1-16-11-12-18(13-17(16)2)24-27-25(32-28-24)23-15-29(19-7-6-8-20(14-19)31-3)26(30)22-10-5-4-9-21(22)23/h4-15H,1-3H3. The fraction of sp³-hybridized carbons (Fsp3) is 0.115. The SMILES string of the molecule is COc1cccc(-n2cc(-c3nc(-c4ccc(C)c(C)c4)no3)c3ccccc3c2=O)c1. The Labute approximate surface area is 184 Å². The van der Waals surface area contributed by atoms with Crippen molar-refractivity contribution >= 4 is 10.8 Å². The number of nitrogens with zero attached hydrogens (tertiary/aromatic N) is 3. The molecule has 158 valence electrons. The van der Waals surface area contributed by atoms with Crippen LogP contribution in [0.4, 0.5) is 0 Å². The first-order valence-electron chi connectivity index (χ1n) is 10.3. The number of rotatable bonds is 4. The highest BCUT2D eigenvalue weighted by atomic mass is 16.5. The molecule has 0 unspecified atom stereocenters. The quantitative estimate of drug-likeness (QED) is 0.391. The zero-order valence-electron chi connectivity index (χ0n) is 18.0. The van der Waals surface area contributed by atoms with Gasteiger partial charge < -0.3 is 9.26 Å². The summed E-state index contributed by atoms with van der Waals surface area (Å²) in [5.74, 6) is 1.52. The van der Waals surface area contributed by atoms with E-state index in [0.717, 1.165) is 16.5 Å². The van der Waals surface area contributed by atoms with E-state index in [1.165, 1.54) is 5.56 Å². The summed E-state index contributed by atoms with van der Waals surface area (Å²) in [6.45, 7) is 4.12. The number of aryl methyl sites for hydroxylation is 2. The van der Waals surface area contributed by atoms with Crippen molar-refractivity contribution in [1.82, 2.24) is 14.7 Å². The summed E-state index contributed by atoms with van der Waals surface area (Å²) in [5, 5.41) is 5.52. The lowest BCUT2D eigenvalue weighted by atomic mass is 10.1. The predicted octanol–water partition coefficient (Wildman–Crippen LogP) is 5.33. The monoisotopic (exact) mass is 423 g/mol. The lowest BCUT2D eigenvalue weighted by molar-refractivity contribution is 0.414. The van der Waals surface area contributed by atoms with Crippen LogP contribution in [0.1, 0.15) is 11.1 Å². The zero-order chi connectivity index (χ0) is 22.2. The molecule has 0 amide bonds. The molecule has 3 aromatic carbocycles. The van der Waals surface area contributed by atoms with Gasteiger partial charge in [0.05, 0.1) is 18.4 Å². The van der Waals surface area contributed by atoms with Crippen molar-refractivity contribution in [2.45, 2.75) is 13.8 Å². The molecule has 6 heteroatoms. The Morgan fingerprint density at radius 1 is 0.906 bits per heavy atom. The Bertz CT molecular complexity index is 1510. The van der Waals surface area contributed by atoms with Crippen molar-refractivity contribution in [2.24, 2.45) is 0 Å². The topological polar surface area (TPSA) is 70.2 Å². The van der Waals surface area contributed by atoms with Crippen molar-refractivity contribution in [3.63, 3.8) is 0 Å². The van der Waals surface area contributed by atoms with E-state index in [-0.39, 0.29) is 5.56 Å². The fourth-order valence-corrected chi connectivity index (χ4v) is 3.74. The Morgan fingerprint density at radius 2 is 1.72 bits per heavy atom. The molecule has 2 heterocycles. The lowest BCUT2D eigenvalue weighted by Gasteiger charge is -2.11. The Balaban J connectivity index is 1.71. The maximum absolute atomic E-state index is 13.3. The van der Waals surface area contributed by atoms with Gasteiger partial charge in [-0.05, 0) is 49.2 Å². The highest BCUT2D eigenvalue weighted by molar-refractivity contribution is 5.94. The second-order valence-electron chi connectivity index (χ2n) is 7.69. The van der Waals surface area contributed by atoms with Crippen LogP contribution in [0.5, 0.6) is 5.75 Å². The summed E-state index contributed by atoms with van der Waals surface area (Å²) < 4.78 is 12.6. The van der Waals surface area contributed by atoms with Crippen molar-refractivity contribution in [3.05, 3.63) is 94.4 Å². The van der Waals surface area contributed by atoms with Gasteiger partial charge in [0.1, 0.15) is 5.75 Å². The van der Waals surface area contributed by atoms with Crippen LogP contribution in [0.3, 0.4) is 0 Å². The molecule has 5 aromatic rings. The Hall–Kier alpha value is -4.19. The van der Waals surface area contributed by atoms with Gasteiger partial charge in [0.15, 0.2) is 0 Å². The average Bonchev–Trinajstić information content (AvgIpc) is 3.31. The van der Waals surface area contributed by atoms with Crippen LogP contribution in [0.25, 0.3) is 39.3 Å². The maximum Gasteiger partial charge on any atom is 0.262 e. The van der Waals surface area contributed by atoms with Gasteiger partial charge in [-0.15, -0.1) is 0 Å². The van der Waals surface area contributed by atoms with Gasteiger partial charge in [-0.2, -0.15) is 4.98 Å². The van der Waals surface area contributed by atoms with Gasteiger partial charge in [0, 0.05) is 28.6 Å². The van der Waals surface area contributed by atoms with Crippen LogP contribution >= 0.6 is 0 Å². The molecular formula is C26H21N3O3. The molecule has 0 bridgehead atoms. The summed E-state index contributed by atoms with van der Waals surface area (Å²) in [4.78, 5) is 17.9. The molecule has 0 spiro atoms. The summed E-state index contributed by atoms with van der Waals surface area (Å²) >= 11 is 0. The van der Waals surface area contributed by atoms with E-state index in [0.29, 0.717) is 34.1 Å². The predicted molar refractivity (Wildman–Crippen MR) is 124 cm³/mol. The maximum atomic E-state index is 13.3. The van der Waals surface area contributed by atoms with E-state index in [1.54, 1.807) is 23.9 Å². The number of benzene rings is 3. The lowest BCUT2D eigenvalue weighted by Crippen LogP contribution is -2.18. The van der Waals surface area contributed by atoms with Gasteiger partial charge in [0.2, 0.25) is 5.82 Å². The minimum atomic E-state index is -0.133. The summed E-state index contributed by atoms with van der Waals surface area (Å²) in [6.07, 6.45) is 1.75. The normalized spacial score (nSPS) is 11.1. The summed E-state index contributed by atoms with van der Waals surface area (Å²) in [6, 6.07) is 20.8. The van der Waals surface area contributed by atoms with Gasteiger partial charge in [-0.3, -0.25) is 9.36 Å². The minimum Gasteiger partial charge on any atom is -0.497 e. The van der Waals surface area contributed by atoms with Crippen LogP contribution in [0, 0.1) is 13.8 Å². The molecule has 0 N–H and O–H groups in total. The molecule has 0 saturated heterocycles. The smallest absolute Gasteiger partial charge is 0.262 e. The third-order valence-electron chi connectivity index (χ3n) is 5.68. The first kappa shape index (κ1) is 19.8. The Kier molecular flexibility index (Phi) is 4.82. The van der Waals surface area contributed by atoms with Crippen molar-refractivity contribution in [1.29, 1.82) is 0 Å². The second-order valence-corrected chi connectivity index (χ2v) is 7.69. The van der Waals surface area contributed by atoms with Crippen LogP contribution < -0.4 is 10.3 Å². The largest absolute Gasteiger partial charge is 0.497 e.